The molecule has 0 aromatic carbocycles. The van der Waals surface area contributed by atoms with E-state index in [9.17, 15) is 0 Å². The normalized spacial score (nSPS) is 17.4. The molecule has 0 aromatic heterocycles. The molecular weight excluding hydrogens is 103 g/mol. The number of allylic oxidation sites excluding steroid dienone is 4. The van der Waals surface area contributed by atoms with Gasteiger partial charge in [-0.1, -0.05) is 22.8 Å². The van der Waals surface area contributed by atoms with Gasteiger partial charge in [-0.25, -0.2) is 0 Å². The van der Waals surface area contributed by atoms with Crippen LogP contribution in [0.4, 0.5) is 0 Å². The van der Waals surface area contributed by atoms with Gasteiger partial charge in [-0.2, -0.15) is 0 Å². The summed E-state index contributed by atoms with van der Waals surface area (Å²) in [5, 5.41) is 0. The molecule has 0 aliphatic heterocycles. The zero-order valence-corrected chi connectivity index (χ0v) is 6.78. The summed E-state index contributed by atoms with van der Waals surface area (Å²) in [6, 6.07) is 0. The quantitative estimate of drug-likeness (QED) is 0.384. The Morgan fingerprint density at radius 2 is 1.89 bits per heavy atom. The second-order valence-electron chi connectivity index (χ2n) is 2.63. The molecule has 0 N–H and O–H groups in total. The van der Waals surface area contributed by atoms with E-state index in [4.69, 9.17) is 0 Å². The molecule has 0 atom stereocenters. The molecule has 0 unspecified atom stereocenters. The molecule has 0 heterocycles. The summed E-state index contributed by atoms with van der Waals surface area (Å²) < 4.78 is 0. The minimum Gasteiger partial charge on any atom is -1.00 e. The standard InChI is InChI=1S/C8H12.Li.H/c1-6-4-7(2)8(3)5-6;;/h4H,5H2,1-3H3;;/q;+1;-1. The van der Waals surface area contributed by atoms with Gasteiger partial charge in [0.05, 0.1) is 0 Å². The van der Waals surface area contributed by atoms with E-state index in [2.05, 4.69) is 26.8 Å². The minimum atomic E-state index is 0. The third kappa shape index (κ3) is 2.05. The van der Waals surface area contributed by atoms with Crippen molar-refractivity contribution in [3.8, 4) is 0 Å². The minimum absolute atomic E-state index is 0. The van der Waals surface area contributed by atoms with Gasteiger partial charge >= 0.3 is 18.9 Å². The Morgan fingerprint density at radius 1 is 1.33 bits per heavy atom. The Balaban J connectivity index is 0. The van der Waals surface area contributed by atoms with Gasteiger partial charge in [-0.05, 0) is 27.2 Å². The summed E-state index contributed by atoms with van der Waals surface area (Å²) in [6.07, 6.45) is 3.46. The van der Waals surface area contributed by atoms with Gasteiger partial charge in [0.25, 0.3) is 0 Å². The summed E-state index contributed by atoms with van der Waals surface area (Å²) in [6.45, 7) is 6.55. The first kappa shape index (κ1) is 9.08. The van der Waals surface area contributed by atoms with Crippen LogP contribution in [0.15, 0.2) is 22.8 Å². The summed E-state index contributed by atoms with van der Waals surface area (Å²) in [4.78, 5) is 0. The Kier molecular flexibility index (Phi) is 3.33. The van der Waals surface area contributed by atoms with Gasteiger partial charge in [0.1, 0.15) is 0 Å². The van der Waals surface area contributed by atoms with Crippen molar-refractivity contribution >= 4 is 0 Å². The van der Waals surface area contributed by atoms with Gasteiger partial charge in [0.15, 0.2) is 0 Å². The van der Waals surface area contributed by atoms with Gasteiger partial charge in [-0.3, -0.25) is 0 Å². The van der Waals surface area contributed by atoms with Crippen LogP contribution in [-0.2, 0) is 0 Å². The molecule has 0 bridgehead atoms. The second-order valence-corrected chi connectivity index (χ2v) is 2.63. The maximum Gasteiger partial charge on any atom is 1.00 e. The summed E-state index contributed by atoms with van der Waals surface area (Å²) in [5.74, 6) is 0. The number of rotatable bonds is 0. The topological polar surface area (TPSA) is 0 Å². The van der Waals surface area contributed by atoms with Crippen LogP contribution >= 0.6 is 0 Å². The third-order valence-electron chi connectivity index (χ3n) is 1.68. The van der Waals surface area contributed by atoms with E-state index >= 15 is 0 Å². The molecule has 46 valence electrons. The summed E-state index contributed by atoms with van der Waals surface area (Å²) in [7, 11) is 0. The van der Waals surface area contributed by atoms with Crippen LogP contribution in [-0.4, -0.2) is 0 Å². The van der Waals surface area contributed by atoms with E-state index in [1.165, 1.54) is 23.1 Å². The van der Waals surface area contributed by atoms with Crippen molar-refractivity contribution in [3.63, 3.8) is 0 Å². The Hall–Kier alpha value is 0.0774. The van der Waals surface area contributed by atoms with E-state index in [0.717, 1.165) is 0 Å². The number of hydrogen-bond acceptors (Lipinski definition) is 0. The molecule has 0 spiro atoms. The van der Waals surface area contributed by atoms with Crippen molar-refractivity contribution in [1.82, 2.24) is 0 Å². The predicted molar refractivity (Wildman–Crippen MR) is 37.9 cm³/mol. The van der Waals surface area contributed by atoms with E-state index in [-0.39, 0.29) is 20.3 Å². The maximum absolute atomic E-state index is 2.26. The first-order chi connectivity index (χ1) is 3.70. The largest absolute Gasteiger partial charge is 1.00 e. The molecule has 1 aliphatic rings. The van der Waals surface area contributed by atoms with Crippen LogP contribution in [0.25, 0.3) is 0 Å². The zero-order valence-electron chi connectivity index (χ0n) is 7.78. The smallest absolute Gasteiger partial charge is 1.00 e. The molecule has 0 fully saturated rings. The SMILES string of the molecule is CC1=CC(C)=C(C)C1.[H-].[Li+]. The fraction of sp³-hybridized carbons (Fsp3) is 0.500. The first-order valence-electron chi connectivity index (χ1n) is 3.03. The fourth-order valence-electron chi connectivity index (χ4n) is 1.10. The van der Waals surface area contributed by atoms with Crippen LogP contribution in [0.1, 0.15) is 28.6 Å². The van der Waals surface area contributed by atoms with Crippen molar-refractivity contribution in [2.24, 2.45) is 0 Å². The number of hydrogen-bond donors (Lipinski definition) is 0. The summed E-state index contributed by atoms with van der Waals surface area (Å²) >= 11 is 0. The van der Waals surface area contributed by atoms with Crippen molar-refractivity contribution in [3.05, 3.63) is 22.8 Å². The zero-order chi connectivity index (χ0) is 6.15. The van der Waals surface area contributed by atoms with E-state index in [0.29, 0.717) is 0 Å². The molecule has 1 rings (SSSR count). The molecule has 1 heteroatoms. The van der Waals surface area contributed by atoms with Crippen LogP contribution in [0.5, 0.6) is 0 Å². The van der Waals surface area contributed by atoms with Gasteiger partial charge < -0.3 is 1.43 Å². The van der Waals surface area contributed by atoms with Crippen LogP contribution in [0.3, 0.4) is 0 Å². The average Bonchev–Trinajstić information content (AvgIpc) is 1.85. The molecule has 0 saturated heterocycles. The van der Waals surface area contributed by atoms with E-state index in [1.54, 1.807) is 0 Å². The summed E-state index contributed by atoms with van der Waals surface area (Å²) in [5.41, 5.74) is 4.49. The molecule has 9 heavy (non-hydrogen) atoms. The maximum atomic E-state index is 2.26. The first-order valence-corrected chi connectivity index (χ1v) is 3.03. The molecular formula is C8H13Li. The van der Waals surface area contributed by atoms with Crippen LogP contribution < -0.4 is 18.9 Å². The second kappa shape index (κ2) is 3.30. The fourth-order valence-corrected chi connectivity index (χ4v) is 1.10. The Labute approximate surface area is 70.7 Å². The third-order valence-corrected chi connectivity index (χ3v) is 1.68. The molecule has 0 radical (unpaired) electrons. The Morgan fingerprint density at radius 3 is 2.00 bits per heavy atom. The average molecular weight is 116 g/mol. The van der Waals surface area contributed by atoms with Gasteiger partial charge in [0.2, 0.25) is 0 Å². The molecule has 0 saturated carbocycles. The van der Waals surface area contributed by atoms with Crippen molar-refractivity contribution in [2.75, 3.05) is 0 Å². The monoisotopic (exact) mass is 116 g/mol. The van der Waals surface area contributed by atoms with E-state index in [1.807, 2.05) is 0 Å². The van der Waals surface area contributed by atoms with Crippen LogP contribution in [0, 0.1) is 0 Å². The molecule has 0 amide bonds. The molecule has 0 aromatic rings. The Bertz CT molecular complexity index is 168. The van der Waals surface area contributed by atoms with Crippen molar-refractivity contribution in [2.45, 2.75) is 27.2 Å². The van der Waals surface area contributed by atoms with E-state index < -0.39 is 0 Å². The predicted octanol–water partition coefficient (Wildman–Crippen LogP) is -0.211. The van der Waals surface area contributed by atoms with Crippen LogP contribution in [0.2, 0.25) is 0 Å². The molecule has 1 aliphatic carbocycles. The van der Waals surface area contributed by atoms with Gasteiger partial charge in [-0.15, -0.1) is 0 Å². The van der Waals surface area contributed by atoms with Crippen molar-refractivity contribution < 1.29 is 20.3 Å². The van der Waals surface area contributed by atoms with Gasteiger partial charge in [0, 0.05) is 0 Å². The molecule has 0 nitrogen and oxygen atoms in total. The van der Waals surface area contributed by atoms with Crippen molar-refractivity contribution in [1.29, 1.82) is 0 Å².